The van der Waals surface area contributed by atoms with Crippen LogP contribution in [0.4, 0.5) is 0 Å². The Balaban J connectivity index is 1.61. The van der Waals surface area contributed by atoms with Gasteiger partial charge in [-0.05, 0) is 26.2 Å². The van der Waals surface area contributed by atoms with Crippen molar-refractivity contribution in [2.45, 2.75) is 32.7 Å². The van der Waals surface area contributed by atoms with E-state index in [0.717, 1.165) is 58.1 Å². The lowest BCUT2D eigenvalue weighted by Crippen LogP contribution is -2.47. The van der Waals surface area contributed by atoms with Crippen LogP contribution in [0.15, 0.2) is 9.52 Å². The number of carbonyl (C=O) groups excluding carboxylic acids is 1. The molecular formula is C17H27N5O4. The standard InChI is InChI=1S/C17H27N5O4/c1-12-20-15(26-21-12)10-19-17(18-9-13-5-8-25-11-13)22-6-3-14(4-7-22)16(23)24-2/h13-14H,3-11H2,1-2H3,(H,18,19). The van der Waals surface area contributed by atoms with Crippen LogP contribution in [-0.2, 0) is 20.8 Å². The normalized spacial score (nSPS) is 21.8. The summed E-state index contributed by atoms with van der Waals surface area (Å²) in [4.78, 5) is 22.8. The van der Waals surface area contributed by atoms with Crippen molar-refractivity contribution in [2.75, 3.05) is 40.0 Å². The minimum absolute atomic E-state index is 0.0284. The van der Waals surface area contributed by atoms with Gasteiger partial charge in [0.25, 0.3) is 0 Å². The lowest BCUT2D eigenvalue weighted by molar-refractivity contribution is -0.146. The van der Waals surface area contributed by atoms with Gasteiger partial charge in [-0.3, -0.25) is 4.79 Å². The summed E-state index contributed by atoms with van der Waals surface area (Å²) in [6.45, 7) is 6.07. The summed E-state index contributed by atoms with van der Waals surface area (Å²) in [5.74, 6) is 2.26. The number of aliphatic imine (C=N–C) groups is 1. The zero-order chi connectivity index (χ0) is 18.4. The Kier molecular flexibility index (Phi) is 6.43. The van der Waals surface area contributed by atoms with Gasteiger partial charge in [0, 0.05) is 32.2 Å². The van der Waals surface area contributed by atoms with Crippen molar-refractivity contribution < 1.29 is 18.8 Å². The fourth-order valence-corrected chi connectivity index (χ4v) is 3.29. The predicted molar refractivity (Wildman–Crippen MR) is 93.4 cm³/mol. The van der Waals surface area contributed by atoms with Crippen molar-refractivity contribution in [3.05, 3.63) is 11.7 Å². The van der Waals surface area contributed by atoms with Crippen LogP contribution in [0.5, 0.6) is 0 Å². The molecule has 144 valence electrons. The molecule has 2 aliphatic heterocycles. The number of nitrogens with one attached hydrogen (secondary N) is 1. The maximum Gasteiger partial charge on any atom is 0.308 e. The maximum atomic E-state index is 11.7. The molecule has 1 aromatic rings. The Morgan fingerprint density at radius 1 is 1.38 bits per heavy atom. The molecule has 0 radical (unpaired) electrons. The van der Waals surface area contributed by atoms with E-state index in [2.05, 4.69) is 25.3 Å². The average Bonchev–Trinajstić information content (AvgIpc) is 3.33. The van der Waals surface area contributed by atoms with Gasteiger partial charge in [0.15, 0.2) is 11.8 Å². The van der Waals surface area contributed by atoms with E-state index >= 15 is 0 Å². The lowest BCUT2D eigenvalue weighted by Gasteiger charge is -2.33. The largest absolute Gasteiger partial charge is 0.469 e. The monoisotopic (exact) mass is 365 g/mol. The number of hydrogen-bond donors (Lipinski definition) is 1. The van der Waals surface area contributed by atoms with Crippen LogP contribution in [0, 0.1) is 18.8 Å². The molecule has 3 heterocycles. The van der Waals surface area contributed by atoms with Gasteiger partial charge in [-0.15, -0.1) is 0 Å². The van der Waals surface area contributed by atoms with Crippen LogP contribution in [0.2, 0.25) is 0 Å². The van der Waals surface area contributed by atoms with Gasteiger partial charge in [0.05, 0.1) is 19.6 Å². The Labute approximate surface area is 153 Å². The average molecular weight is 365 g/mol. The van der Waals surface area contributed by atoms with E-state index in [-0.39, 0.29) is 11.9 Å². The maximum absolute atomic E-state index is 11.7. The second-order valence-corrected chi connectivity index (χ2v) is 6.77. The number of aromatic nitrogens is 2. The highest BCUT2D eigenvalue weighted by Crippen LogP contribution is 2.19. The summed E-state index contributed by atoms with van der Waals surface area (Å²) < 4.78 is 15.5. The van der Waals surface area contributed by atoms with Crippen LogP contribution < -0.4 is 5.32 Å². The molecule has 1 N–H and O–H groups in total. The number of carbonyl (C=O) groups is 1. The molecule has 0 saturated carbocycles. The molecule has 1 unspecified atom stereocenters. The molecule has 9 heteroatoms. The van der Waals surface area contributed by atoms with Crippen molar-refractivity contribution in [2.24, 2.45) is 16.8 Å². The summed E-state index contributed by atoms with van der Waals surface area (Å²) in [6.07, 6.45) is 2.59. The molecular weight excluding hydrogens is 338 g/mol. The van der Waals surface area contributed by atoms with Crippen molar-refractivity contribution in [3.8, 4) is 0 Å². The van der Waals surface area contributed by atoms with Crippen molar-refractivity contribution in [1.82, 2.24) is 20.4 Å². The number of guanidine groups is 1. The molecule has 0 aliphatic carbocycles. The number of hydrogen-bond acceptors (Lipinski definition) is 7. The van der Waals surface area contributed by atoms with E-state index in [4.69, 9.17) is 14.0 Å². The summed E-state index contributed by atoms with van der Waals surface area (Å²) in [7, 11) is 1.44. The molecule has 0 bridgehead atoms. The van der Waals surface area contributed by atoms with E-state index in [0.29, 0.717) is 24.2 Å². The number of ether oxygens (including phenoxy) is 2. The Morgan fingerprint density at radius 3 is 2.81 bits per heavy atom. The second kappa shape index (κ2) is 8.98. The Hall–Kier alpha value is -2.16. The highest BCUT2D eigenvalue weighted by Gasteiger charge is 2.27. The molecule has 1 aromatic heterocycles. The number of piperidine rings is 1. The topological polar surface area (TPSA) is 102 Å². The van der Waals surface area contributed by atoms with Gasteiger partial charge >= 0.3 is 5.97 Å². The fourth-order valence-electron chi connectivity index (χ4n) is 3.29. The molecule has 2 aliphatic rings. The highest BCUT2D eigenvalue weighted by molar-refractivity contribution is 5.80. The minimum atomic E-state index is -0.125. The SMILES string of the molecule is COC(=O)C1CCN(C(=NCc2nc(C)no2)NCC2CCOC2)CC1. The molecule has 1 atom stereocenters. The number of aryl methyl sites for hydroxylation is 1. The number of likely N-dealkylation sites (tertiary alicyclic amines) is 1. The third-order valence-corrected chi connectivity index (χ3v) is 4.84. The summed E-state index contributed by atoms with van der Waals surface area (Å²) in [6, 6.07) is 0. The first kappa shape index (κ1) is 18.6. The highest BCUT2D eigenvalue weighted by atomic mass is 16.5. The molecule has 0 amide bonds. The quantitative estimate of drug-likeness (QED) is 0.463. The van der Waals surface area contributed by atoms with Crippen LogP contribution in [0.3, 0.4) is 0 Å². The molecule has 2 fully saturated rings. The van der Waals surface area contributed by atoms with Gasteiger partial charge in [0.1, 0.15) is 6.54 Å². The minimum Gasteiger partial charge on any atom is -0.469 e. The van der Waals surface area contributed by atoms with Gasteiger partial charge in [0.2, 0.25) is 5.89 Å². The molecule has 26 heavy (non-hydrogen) atoms. The van der Waals surface area contributed by atoms with E-state index < -0.39 is 0 Å². The molecule has 3 rings (SSSR count). The fraction of sp³-hybridized carbons (Fsp3) is 0.765. The van der Waals surface area contributed by atoms with Gasteiger partial charge < -0.3 is 24.2 Å². The van der Waals surface area contributed by atoms with Gasteiger partial charge in [-0.25, -0.2) is 4.99 Å². The first-order valence-electron chi connectivity index (χ1n) is 9.13. The van der Waals surface area contributed by atoms with Crippen molar-refractivity contribution in [1.29, 1.82) is 0 Å². The third kappa shape index (κ3) is 4.94. The Morgan fingerprint density at radius 2 is 2.19 bits per heavy atom. The van der Waals surface area contributed by atoms with E-state index in [1.54, 1.807) is 6.92 Å². The van der Waals surface area contributed by atoms with E-state index in [1.807, 2.05) is 0 Å². The first-order chi connectivity index (χ1) is 12.7. The molecule has 2 saturated heterocycles. The van der Waals surface area contributed by atoms with Crippen LogP contribution in [0.25, 0.3) is 0 Å². The summed E-state index contributed by atoms with van der Waals surface area (Å²) >= 11 is 0. The van der Waals surface area contributed by atoms with Gasteiger partial charge in [-0.1, -0.05) is 5.16 Å². The zero-order valence-electron chi connectivity index (χ0n) is 15.4. The smallest absolute Gasteiger partial charge is 0.308 e. The third-order valence-electron chi connectivity index (χ3n) is 4.84. The van der Waals surface area contributed by atoms with Crippen molar-refractivity contribution >= 4 is 11.9 Å². The van der Waals surface area contributed by atoms with Crippen LogP contribution in [-0.4, -0.2) is 66.9 Å². The number of methoxy groups -OCH3 is 1. The lowest BCUT2D eigenvalue weighted by atomic mass is 9.97. The number of esters is 1. The van der Waals surface area contributed by atoms with Crippen LogP contribution in [0.1, 0.15) is 31.0 Å². The second-order valence-electron chi connectivity index (χ2n) is 6.77. The first-order valence-corrected chi connectivity index (χ1v) is 9.13. The van der Waals surface area contributed by atoms with Crippen LogP contribution >= 0.6 is 0 Å². The molecule has 0 spiro atoms. The number of nitrogens with zero attached hydrogens (tertiary/aromatic N) is 4. The van der Waals surface area contributed by atoms with E-state index in [9.17, 15) is 4.79 Å². The Bertz CT molecular complexity index is 618. The predicted octanol–water partition coefficient (Wildman–Crippen LogP) is 0.745. The van der Waals surface area contributed by atoms with Crippen molar-refractivity contribution in [3.63, 3.8) is 0 Å². The zero-order valence-corrected chi connectivity index (χ0v) is 15.4. The summed E-state index contributed by atoms with van der Waals surface area (Å²) in [5.41, 5.74) is 0. The molecule has 9 nitrogen and oxygen atoms in total. The number of rotatable bonds is 5. The molecule has 0 aromatic carbocycles. The van der Waals surface area contributed by atoms with E-state index in [1.165, 1.54) is 7.11 Å². The van der Waals surface area contributed by atoms with Gasteiger partial charge in [-0.2, -0.15) is 4.98 Å². The summed E-state index contributed by atoms with van der Waals surface area (Å²) in [5, 5.41) is 7.25.